The molecule has 1 aromatic carbocycles. The molecule has 1 aromatic rings. The molecule has 2 nitrogen and oxygen atoms in total. The first kappa shape index (κ1) is 15.4. The van der Waals surface area contributed by atoms with Gasteiger partial charge in [0.25, 0.3) is 0 Å². The molecule has 5 heteroatoms. The quantitative estimate of drug-likeness (QED) is 0.858. The predicted molar refractivity (Wildman–Crippen MR) is 68.6 cm³/mol. The molecular formula is C14H17F3N2. The van der Waals surface area contributed by atoms with Gasteiger partial charge in [-0.25, -0.2) is 0 Å². The van der Waals surface area contributed by atoms with Crippen LogP contribution in [0.2, 0.25) is 0 Å². The highest BCUT2D eigenvalue weighted by Crippen LogP contribution is 2.31. The summed E-state index contributed by atoms with van der Waals surface area (Å²) in [4.78, 5) is 0. The van der Waals surface area contributed by atoms with Crippen LogP contribution in [0, 0.1) is 16.7 Å². The molecule has 0 aliphatic heterocycles. The van der Waals surface area contributed by atoms with Crippen LogP contribution in [0.4, 0.5) is 18.9 Å². The van der Waals surface area contributed by atoms with Crippen LogP contribution in [-0.2, 0) is 6.18 Å². The van der Waals surface area contributed by atoms with Gasteiger partial charge in [0, 0.05) is 18.7 Å². The van der Waals surface area contributed by atoms with Crippen LogP contribution < -0.4 is 5.32 Å². The van der Waals surface area contributed by atoms with Gasteiger partial charge in [0.2, 0.25) is 0 Å². The van der Waals surface area contributed by atoms with Crippen LogP contribution in [0.15, 0.2) is 24.3 Å². The summed E-state index contributed by atoms with van der Waals surface area (Å²) >= 11 is 0. The van der Waals surface area contributed by atoms with E-state index in [4.69, 9.17) is 5.26 Å². The summed E-state index contributed by atoms with van der Waals surface area (Å²) in [5.74, 6) is 0. The molecule has 0 bridgehead atoms. The normalized spacial score (nSPS) is 12.0. The van der Waals surface area contributed by atoms with Gasteiger partial charge in [-0.3, -0.25) is 0 Å². The fourth-order valence-corrected chi connectivity index (χ4v) is 1.63. The Morgan fingerprint density at radius 3 is 2.53 bits per heavy atom. The molecule has 0 saturated heterocycles. The van der Waals surface area contributed by atoms with Crippen LogP contribution in [-0.4, -0.2) is 6.54 Å². The standard InChI is InChI=1S/C14H17F3N2/c1-13(2,7-4-8-18)10-19-12-6-3-5-11(9-12)14(15,16)17/h3,5-6,9,19H,4,7,10H2,1-2H3. The Labute approximate surface area is 111 Å². The van der Waals surface area contributed by atoms with Gasteiger partial charge in [-0.1, -0.05) is 19.9 Å². The van der Waals surface area contributed by atoms with E-state index in [-0.39, 0.29) is 5.41 Å². The average molecular weight is 270 g/mol. The number of nitrogens with one attached hydrogen (secondary N) is 1. The van der Waals surface area contributed by atoms with E-state index in [2.05, 4.69) is 11.4 Å². The van der Waals surface area contributed by atoms with Crippen molar-refractivity contribution in [1.29, 1.82) is 5.26 Å². The van der Waals surface area contributed by atoms with Crippen LogP contribution in [0.25, 0.3) is 0 Å². The molecule has 0 unspecified atom stereocenters. The number of rotatable bonds is 5. The van der Waals surface area contributed by atoms with Crippen molar-refractivity contribution in [2.75, 3.05) is 11.9 Å². The third-order valence-electron chi connectivity index (χ3n) is 2.87. The van der Waals surface area contributed by atoms with Gasteiger partial charge >= 0.3 is 6.18 Å². The molecule has 104 valence electrons. The second-order valence-electron chi connectivity index (χ2n) is 5.25. The zero-order valence-electron chi connectivity index (χ0n) is 11.0. The maximum Gasteiger partial charge on any atom is 0.416 e. The van der Waals surface area contributed by atoms with Crippen molar-refractivity contribution < 1.29 is 13.2 Å². The van der Waals surface area contributed by atoms with E-state index in [0.717, 1.165) is 12.1 Å². The lowest BCUT2D eigenvalue weighted by atomic mass is 9.88. The number of hydrogen-bond acceptors (Lipinski definition) is 2. The molecule has 0 aromatic heterocycles. The Hall–Kier alpha value is -1.70. The SMILES string of the molecule is CC(C)(CCC#N)CNc1cccc(C(F)(F)F)c1. The molecule has 0 amide bonds. The molecule has 0 radical (unpaired) electrons. The number of halogens is 3. The first-order valence-electron chi connectivity index (χ1n) is 6.03. The third kappa shape index (κ3) is 5.21. The fourth-order valence-electron chi connectivity index (χ4n) is 1.63. The summed E-state index contributed by atoms with van der Waals surface area (Å²) in [7, 11) is 0. The molecule has 0 fully saturated rings. The molecule has 0 heterocycles. The number of benzene rings is 1. The average Bonchev–Trinajstić information content (AvgIpc) is 2.34. The molecule has 1 rings (SSSR count). The summed E-state index contributed by atoms with van der Waals surface area (Å²) in [6, 6.07) is 7.21. The summed E-state index contributed by atoms with van der Waals surface area (Å²) in [6.45, 7) is 4.48. The predicted octanol–water partition coefficient (Wildman–Crippen LogP) is 4.45. The second-order valence-corrected chi connectivity index (χ2v) is 5.25. The van der Waals surface area contributed by atoms with Crippen LogP contribution in [0.5, 0.6) is 0 Å². The second kappa shape index (κ2) is 5.96. The van der Waals surface area contributed by atoms with Crippen molar-refractivity contribution in [2.24, 2.45) is 5.41 Å². The maximum atomic E-state index is 12.5. The number of nitriles is 1. The van der Waals surface area contributed by atoms with Crippen molar-refractivity contribution >= 4 is 5.69 Å². The summed E-state index contributed by atoms with van der Waals surface area (Å²) in [6.07, 6.45) is -3.18. The van der Waals surface area contributed by atoms with Gasteiger partial charge in [0.1, 0.15) is 0 Å². The molecule has 19 heavy (non-hydrogen) atoms. The molecule has 1 N–H and O–H groups in total. The number of nitrogens with zero attached hydrogens (tertiary/aromatic N) is 1. The van der Waals surface area contributed by atoms with Crippen molar-refractivity contribution in [2.45, 2.75) is 32.9 Å². The zero-order chi connectivity index (χ0) is 14.5. The van der Waals surface area contributed by atoms with Gasteiger partial charge in [-0.05, 0) is 30.0 Å². The summed E-state index contributed by atoms with van der Waals surface area (Å²) in [5, 5.41) is 11.5. The van der Waals surface area contributed by atoms with E-state index in [1.165, 1.54) is 6.07 Å². The molecule has 0 aliphatic carbocycles. The van der Waals surface area contributed by atoms with E-state index in [9.17, 15) is 13.2 Å². The highest BCUT2D eigenvalue weighted by atomic mass is 19.4. The first-order chi connectivity index (χ1) is 8.74. The number of hydrogen-bond donors (Lipinski definition) is 1. The Bertz CT molecular complexity index is 458. The number of alkyl halides is 3. The van der Waals surface area contributed by atoms with E-state index < -0.39 is 11.7 Å². The third-order valence-corrected chi connectivity index (χ3v) is 2.87. The molecule has 0 atom stereocenters. The van der Waals surface area contributed by atoms with Gasteiger partial charge in [0.05, 0.1) is 11.6 Å². The lowest BCUT2D eigenvalue weighted by Crippen LogP contribution is -2.23. The zero-order valence-corrected chi connectivity index (χ0v) is 11.0. The van der Waals surface area contributed by atoms with E-state index in [0.29, 0.717) is 25.1 Å². The minimum Gasteiger partial charge on any atom is -0.384 e. The minimum atomic E-state index is -4.33. The Balaban J connectivity index is 2.66. The molecular weight excluding hydrogens is 253 g/mol. The largest absolute Gasteiger partial charge is 0.416 e. The van der Waals surface area contributed by atoms with Gasteiger partial charge in [-0.2, -0.15) is 18.4 Å². The Kier molecular flexibility index (Phi) is 4.82. The lowest BCUT2D eigenvalue weighted by molar-refractivity contribution is -0.137. The fraction of sp³-hybridized carbons (Fsp3) is 0.500. The van der Waals surface area contributed by atoms with Crippen molar-refractivity contribution in [1.82, 2.24) is 0 Å². The first-order valence-corrected chi connectivity index (χ1v) is 6.03. The smallest absolute Gasteiger partial charge is 0.384 e. The van der Waals surface area contributed by atoms with Crippen molar-refractivity contribution in [3.8, 4) is 6.07 Å². The molecule has 0 aliphatic rings. The molecule has 0 spiro atoms. The van der Waals surface area contributed by atoms with Gasteiger partial charge in [-0.15, -0.1) is 0 Å². The lowest BCUT2D eigenvalue weighted by Gasteiger charge is -2.24. The maximum absolute atomic E-state index is 12.5. The van der Waals surface area contributed by atoms with Gasteiger partial charge in [0.15, 0.2) is 0 Å². The topological polar surface area (TPSA) is 35.8 Å². The van der Waals surface area contributed by atoms with E-state index in [1.54, 1.807) is 6.07 Å². The highest BCUT2D eigenvalue weighted by molar-refractivity contribution is 5.46. The Morgan fingerprint density at radius 2 is 1.95 bits per heavy atom. The van der Waals surface area contributed by atoms with Crippen LogP contribution in [0.3, 0.4) is 0 Å². The summed E-state index contributed by atoms with van der Waals surface area (Å²) in [5.41, 5.74) is -0.351. The number of anilines is 1. The van der Waals surface area contributed by atoms with Crippen molar-refractivity contribution in [3.63, 3.8) is 0 Å². The summed E-state index contributed by atoms with van der Waals surface area (Å²) < 4.78 is 37.6. The Morgan fingerprint density at radius 1 is 1.26 bits per heavy atom. The minimum absolute atomic E-state index is 0.135. The highest BCUT2D eigenvalue weighted by Gasteiger charge is 2.30. The van der Waals surface area contributed by atoms with E-state index in [1.807, 2.05) is 13.8 Å². The monoisotopic (exact) mass is 270 g/mol. The van der Waals surface area contributed by atoms with E-state index >= 15 is 0 Å². The van der Waals surface area contributed by atoms with Crippen molar-refractivity contribution in [3.05, 3.63) is 29.8 Å². The molecule has 0 saturated carbocycles. The van der Waals surface area contributed by atoms with Crippen LogP contribution >= 0.6 is 0 Å². The van der Waals surface area contributed by atoms with Gasteiger partial charge < -0.3 is 5.32 Å². The van der Waals surface area contributed by atoms with Crippen LogP contribution in [0.1, 0.15) is 32.3 Å².